The Kier molecular flexibility index (Phi) is 4.81. The van der Waals surface area contributed by atoms with Crippen LogP contribution in [0.1, 0.15) is 49.9 Å². The quantitative estimate of drug-likeness (QED) is 0.691. The summed E-state index contributed by atoms with van der Waals surface area (Å²) in [6, 6.07) is 10.2. The summed E-state index contributed by atoms with van der Waals surface area (Å²) in [5.41, 5.74) is 3.97. The zero-order valence-corrected chi connectivity index (χ0v) is 16.8. The van der Waals surface area contributed by atoms with Gasteiger partial charge in [0.1, 0.15) is 0 Å². The van der Waals surface area contributed by atoms with Crippen LogP contribution in [0.25, 0.3) is 11.3 Å². The molecule has 0 saturated heterocycles. The van der Waals surface area contributed by atoms with Gasteiger partial charge in [0, 0.05) is 35.5 Å². The van der Waals surface area contributed by atoms with Crippen LogP contribution in [-0.4, -0.2) is 31.5 Å². The molecule has 29 heavy (non-hydrogen) atoms. The molecule has 0 unspecified atom stereocenters. The van der Waals surface area contributed by atoms with E-state index in [1.165, 1.54) is 0 Å². The molecule has 1 aliphatic carbocycles. The van der Waals surface area contributed by atoms with Gasteiger partial charge in [-0.3, -0.25) is 4.68 Å². The summed E-state index contributed by atoms with van der Waals surface area (Å²) in [7, 11) is 0. The van der Waals surface area contributed by atoms with E-state index in [0.29, 0.717) is 17.3 Å². The molecule has 0 radical (unpaired) electrons. The van der Waals surface area contributed by atoms with Crippen molar-refractivity contribution in [2.75, 3.05) is 11.9 Å². The van der Waals surface area contributed by atoms with Gasteiger partial charge >= 0.3 is 0 Å². The van der Waals surface area contributed by atoms with Gasteiger partial charge < -0.3 is 10.4 Å². The Bertz CT molecular complexity index is 1100. The SMILES string of the molecule is CC(C)n1ccc(Nc2nccc(-c3cc(C#N)c4c(c3)[C@](C)(CO)CC4)n2)n1. The average Bonchev–Trinajstić information content (AvgIpc) is 3.33. The molecule has 4 rings (SSSR count). The maximum absolute atomic E-state index is 9.92. The third-order valence-electron chi connectivity index (χ3n) is 5.63. The molecule has 0 saturated carbocycles. The lowest BCUT2D eigenvalue weighted by Crippen LogP contribution is -2.23. The standard InChI is InChI=1S/C22H24N6O/c1-14(2)28-9-6-20(27-28)26-21-24-8-5-19(25-21)15-10-16(12-23)17-4-7-22(3,13-29)18(17)11-15/h5-6,8-11,14,29H,4,7,13H2,1-3H3,(H,24,25,26,27)/t22-/m0/s1. The summed E-state index contributed by atoms with van der Waals surface area (Å²) in [4.78, 5) is 8.92. The maximum Gasteiger partial charge on any atom is 0.228 e. The predicted molar refractivity (Wildman–Crippen MR) is 111 cm³/mol. The van der Waals surface area contributed by atoms with Crippen molar-refractivity contribution in [2.24, 2.45) is 0 Å². The van der Waals surface area contributed by atoms with Crippen molar-refractivity contribution < 1.29 is 5.11 Å². The zero-order valence-electron chi connectivity index (χ0n) is 16.8. The van der Waals surface area contributed by atoms with E-state index < -0.39 is 0 Å². The first-order valence-electron chi connectivity index (χ1n) is 9.77. The van der Waals surface area contributed by atoms with Crippen LogP contribution in [0.2, 0.25) is 0 Å². The molecule has 2 aromatic heterocycles. The van der Waals surface area contributed by atoms with Gasteiger partial charge in [0.2, 0.25) is 5.95 Å². The van der Waals surface area contributed by atoms with Crippen LogP contribution in [0.4, 0.5) is 11.8 Å². The topological polar surface area (TPSA) is 99.7 Å². The summed E-state index contributed by atoms with van der Waals surface area (Å²) < 4.78 is 1.86. The molecular formula is C22H24N6O. The summed E-state index contributed by atoms with van der Waals surface area (Å²) >= 11 is 0. The van der Waals surface area contributed by atoms with Crippen molar-refractivity contribution in [1.29, 1.82) is 5.26 Å². The van der Waals surface area contributed by atoms with E-state index in [-0.39, 0.29) is 18.1 Å². The smallest absolute Gasteiger partial charge is 0.228 e. The van der Waals surface area contributed by atoms with Crippen LogP contribution in [0.5, 0.6) is 0 Å². The van der Waals surface area contributed by atoms with E-state index in [1.807, 2.05) is 36.0 Å². The van der Waals surface area contributed by atoms with E-state index in [4.69, 9.17) is 0 Å². The fourth-order valence-electron chi connectivity index (χ4n) is 3.81. The van der Waals surface area contributed by atoms with Gasteiger partial charge in [-0.25, -0.2) is 9.97 Å². The van der Waals surface area contributed by atoms with E-state index in [0.717, 1.165) is 35.2 Å². The lowest BCUT2D eigenvalue weighted by Gasteiger charge is -2.23. The first-order chi connectivity index (χ1) is 13.9. The largest absolute Gasteiger partial charge is 0.395 e. The van der Waals surface area contributed by atoms with Gasteiger partial charge in [0.25, 0.3) is 0 Å². The molecule has 0 spiro atoms. The predicted octanol–water partition coefficient (Wildman–Crippen LogP) is 3.73. The number of fused-ring (bicyclic) bond motifs is 1. The van der Waals surface area contributed by atoms with E-state index in [2.05, 4.69) is 46.4 Å². The number of aliphatic hydroxyl groups is 1. The Morgan fingerprint density at radius 3 is 2.86 bits per heavy atom. The molecule has 0 bridgehead atoms. The van der Waals surface area contributed by atoms with Crippen molar-refractivity contribution in [3.8, 4) is 17.3 Å². The minimum absolute atomic E-state index is 0.0589. The number of aliphatic hydroxyl groups excluding tert-OH is 1. The highest BCUT2D eigenvalue weighted by Gasteiger charge is 2.35. The van der Waals surface area contributed by atoms with E-state index in [1.54, 1.807) is 6.20 Å². The van der Waals surface area contributed by atoms with E-state index >= 15 is 0 Å². The molecule has 7 nitrogen and oxygen atoms in total. The second-order valence-electron chi connectivity index (χ2n) is 8.05. The van der Waals surface area contributed by atoms with Gasteiger partial charge in [-0.1, -0.05) is 6.92 Å². The molecule has 7 heteroatoms. The number of anilines is 2. The van der Waals surface area contributed by atoms with Crippen molar-refractivity contribution in [2.45, 2.75) is 45.1 Å². The van der Waals surface area contributed by atoms with Crippen LogP contribution in [0, 0.1) is 11.3 Å². The highest BCUT2D eigenvalue weighted by Crippen LogP contribution is 2.42. The second kappa shape index (κ2) is 7.30. The molecular weight excluding hydrogens is 364 g/mol. The first kappa shape index (κ1) is 19.1. The molecule has 0 fully saturated rings. The molecule has 0 aliphatic heterocycles. The average molecular weight is 388 g/mol. The van der Waals surface area contributed by atoms with Crippen LogP contribution in [0.3, 0.4) is 0 Å². The molecule has 0 amide bonds. The Hall–Kier alpha value is -3.24. The number of nitriles is 1. The summed E-state index contributed by atoms with van der Waals surface area (Å²) in [6.07, 6.45) is 5.25. The van der Waals surface area contributed by atoms with Gasteiger partial charge in [-0.2, -0.15) is 10.4 Å². The van der Waals surface area contributed by atoms with Gasteiger partial charge in [0.15, 0.2) is 5.82 Å². The van der Waals surface area contributed by atoms with Gasteiger partial charge in [-0.05, 0) is 56.0 Å². The Labute approximate surface area is 170 Å². The first-order valence-corrected chi connectivity index (χ1v) is 9.77. The Morgan fingerprint density at radius 1 is 1.34 bits per heavy atom. The van der Waals surface area contributed by atoms with E-state index in [9.17, 15) is 10.4 Å². The summed E-state index contributed by atoms with van der Waals surface area (Å²) in [5, 5.41) is 27.2. The number of rotatable bonds is 5. The highest BCUT2D eigenvalue weighted by molar-refractivity contribution is 5.67. The Balaban J connectivity index is 1.70. The van der Waals surface area contributed by atoms with Crippen LogP contribution in [0.15, 0.2) is 36.7 Å². The molecule has 2 N–H and O–H groups in total. The van der Waals surface area contributed by atoms with Crippen molar-refractivity contribution in [3.05, 3.63) is 53.3 Å². The number of nitrogens with zero attached hydrogens (tertiary/aromatic N) is 5. The number of hydrogen-bond acceptors (Lipinski definition) is 6. The maximum atomic E-state index is 9.92. The number of aromatic nitrogens is 4. The lowest BCUT2D eigenvalue weighted by atomic mass is 9.83. The zero-order chi connectivity index (χ0) is 20.6. The van der Waals surface area contributed by atoms with Crippen molar-refractivity contribution in [1.82, 2.24) is 19.7 Å². The van der Waals surface area contributed by atoms with Crippen LogP contribution >= 0.6 is 0 Å². The second-order valence-corrected chi connectivity index (χ2v) is 8.05. The minimum atomic E-state index is -0.325. The van der Waals surface area contributed by atoms with Crippen LogP contribution in [-0.2, 0) is 11.8 Å². The van der Waals surface area contributed by atoms with Crippen LogP contribution < -0.4 is 5.32 Å². The van der Waals surface area contributed by atoms with Crippen molar-refractivity contribution >= 4 is 11.8 Å². The molecule has 148 valence electrons. The summed E-state index contributed by atoms with van der Waals surface area (Å²) in [6.45, 7) is 6.23. The van der Waals surface area contributed by atoms with Gasteiger partial charge in [-0.15, -0.1) is 0 Å². The monoisotopic (exact) mass is 388 g/mol. The Morgan fingerprint density at radius 2 is 2.17 bits per heavy atom. The highest BCUT2D eigenvalue weighted by atomic mass is 16.3. The fourth-order valence-corrected chi connectivity index (χ4v) is 3.81. The normalized spacial score (nSPS) is 17.9. The fraction of sp³-hybridized carbons (Fsp3) is 0.364. The molecule has 1 aromatic carbocycles. The molecule has 1 atom stereocenters. The lowest BCUT2D eigenvalue weighted by molar-refractivity contribution is 0.206. The summed E-state index contributed by atoms with van der Waals surface area (Å²) in [5.74, 6) is 1.12. The number of nitrogens with one attached hydrogen (secondary N) is 1. The third-order valence-corrected chi connectivity index (χ3v) is 5.63. The molecule has 3 aromatic rings. The number of hydrogen-bond donors (Lipinski definition) is 2. The minimum Gasteiger partial charge on any atom is -0.395 e. The molecule has 2 heterocycles. The molecule has 1 aliphatic rings. The van der Waals surface area contributed by atoms with Gasteiger partial charge in [0.05, 0.1) is 23.9 Å². The number of benzene rings is 1. The third kappa shape index (κ3) is 3.47. The van der Waals surface area contributed by atoms with Crippen molar-refractivity contribution in [3.63, 3.8) is 0 Å².